The number of hydrogen-bond donors (Lipinski definition) is 2. The molecule has 1 aliphatic heterocycles. The van der Waals surface area contributed by atoms with Gasteiger partial charge in [0.1, 0.15) is 0 Å². The summed E-state index contributed by atoms with van der Waals surface area (Å²) in [5.41, 5.74) is 2.03. The molecule has 27 heavy (non-hydrogen) atoms. The van der Waals surface area contributed by atoms with Crippen LogP contribution in [0.5, 0.6) is 0 Å². The third kappa shape index (κ3) is 3.80. The van der Waals surface area contributed by atoms with Crippen molar-refractivity contribution >= 4 is 35.1 Å². The summed E-state index contributed by atoms with van der Waals surface area (Å²) >= 11 is 6.07. The van der Waals surface area contributed by atoms with E-state index in [1.807, 2.05) is 6.07 Å². The summed E-state index contributed by atoms with van der Waals surface area (Å²) in [7, 11) is 1.66. The van der Waals surface area contributed by atoms with Crippen molar-refractivity contribution < 1.29 is 19.5 Å². The summed E-state index contributed by atoms with van der Waals surface area (Å²) in [6, 6.07) is 11.2. The quantitative estimate of drug-likeness (QED) is 0.841. The van der Waals surface area contributed by atoms with Gasteiger partial charge in [-0.25, -0.2) is 4.79 Å². The third-order valence-corrected chi connectivity index (χ3v) is 5.09. The Morgan fingerprint density at radius 1 is 1.22 bits per heavy atom. The van der Waals surface area contributed by atoms with Crippen LogP contribution >= 0.6 is 11.6 Å². The lowest BCUT2D eigenvalue weighted by Gasteiger charge is -2.25. The molecule has 0 saturated carbocycles. The third-order valence-electron chi connectivity index (χ3n) is 4.86. The largest absolute Gasteiger partial charge is 0.478 e. The van der Waals surface area contributed by atoms with E-state index in [1.165, 1.54) is 12.1 Å². The van der Waals surface area contributed by atoms with Gasteiger partial charge in [-0.2, -0.15) is 0 Å². The Labute approximate surface area is 161 Å². The summed E-state index contributed by atoms with van der Waals surface area (Å²) < 4.78 is 0. The van der Waals surface area contributed by atoms with Gasteiger partial charge >= 0.3 is 5.97 Å². The lowest BCUT2D eigenvalue weighted by molar-refractivity contribution is -0.128. The Morgan fingerprint density at radius 2 is 1.96 bits per heavy atom. The van der Waals surface area contributed by atoms with E-state index in [4.69, 9.17) is 16.7 Å². The molecule has 0 aromatic heterocycles. The van der Waals surface area contributed by atoms with Crippen molar-refractivity contribution in [2.75, 3.05) is 12.4 Å². The highest BCUT2D eigenvalue weighted by molar-refractivity contribution is 6.30. The molecule has 140 valence electrons. The van der Waals surface area contributed by atoms with Gasteiger partial charge in [0, 0.05) is 24.2 Å². The molecular weight excluding hydrogens is 368 g/mol. The van der Waals surface area contributed by atoms with Crippen molar-refractivity contribution in [2.24, 2.45) is 5.92 Å². The number of carbonyl (C=O) groups is 3. The predicted molar refractivity (Wildman–Crippen MR) is 102 cm³/mol. The van der Waals surface area contributed by atoms with E-state index < -0.39 is 17.9 Å². The second-order valence-corrected chi connectivity index (χ2v) is 7.08. The molecule has 0 unspecified atom stereocenters. The molecule has 0 radical (unpaired) electrons. The summed E-state index contributed by atoms with van der Waals surface area (Å²) in [6.07, 6.45) is 0.0805. The van der Waals surface area contributed by atoms with Crippen LogP contribution in [0.15, 0.2) is 42.5 Å². The van der Waals surface area contributed by atoms with Crippen LogP contribution in [-0.2, 0) is 9.59 Å². The fraction of sp³-hybridized carbons (Fsp3) is 0.250. The Kier molecular flexibility index (Phi) is 5.19. The van der Waals surface area contributed by atoms with E-state index >= 15 is 0 Å². The molecule has 1 fully saturated rings. The monoisotopic (exact) mass is 386 g/mol. The Morgan fingerprint density at radius 3 is 2.63 bits per heavy atom. The lowest BCUT2D eigenvalue weighted by atomic mass is 9.92. The number of nitrogens with one attached hydrogen (secondary N) is 1. The minimum absolute atomic E-state index is 0.0805. The molecule has 2 amide bonds. The minimum Gasteiger partial charge on any atom is -0.478 e. The first kappa shape index (κ1) is 18.9. The van der Waals surface area contributed by atoms with Gasteiger partial charge in [0.25, 0.3) is 0 Å². The van der Waals surface area contributed by atoms with Crippen molar-refractivity contribution in [1.82, 2.24) is 4.90 Å². The fourth-order valence-electron chi connectivity index (χ4n) is 3.37. The number of benzene rings is 2. The molecule has 2 atom stereocenters. The van der Waals surface area contributed by atoms with E-state index in [2.05, 4.69) is 5.32 Å². The zero-order valence-electron chi connectivity index (χ0n) is 14.9. The average molecular weight is 387 g/mol. The van der Waals surface area contributed by atoms with E-state index in [0.29, 0.717) is 10.7 Å². The van der Waals surface area contributed by atoms with Crippen LogP contribution in [0.3, 0.4) is 0 Å². The molecule has 1 saturated heterocycles. The Bertz CT molecular complexity index is 928. The second-order valence-electron chi connectivity index (χ2n) is 6.64. The van der Waals surface area contributed by atoms with Crippen LogP contribution in [0.1, 0.15) is 33.9 Å². The van der Waals surface area contributed by atoms with Gasteiger partial charge in [-0.15, -0.1) is 0 Å². The number of nitrogens with zero attached hydrogens (tertiary/aromatic N) is 1. The molecule has 3 rings (SSSR count). The molecule has 0 bridgehead atoms. The second kappa shape index (κ2) is 7.40. The normalized spacial score (nSPS) is 19.2. The zero-order valence-corrected chi connectivity index (χ0v) is 15.7. The Balaban J connectivity index is 1.90. The van der Waals surface area contributed by atoms with Crippen molar-refractivity contribution in [3.63, 3.8) is 0 Å². The molecule has 6 nitrogen and oxygen atoms in total. The van der Waals surface area contributed by atoms with E-state index in [9.17, 15) is 14.4 Å². The number of rotatable bonds is 4. The Hall–Kier alpha value is -2.86. The van der Waals surface area contributed by atoms with Crippen molar-refractivity contribution in [1.29, 1.82) is 0 Å². The number of carboxylic acid groups (broad SMARTS) is 1. The van der Waals surface area contributed by atoms with Crippen molar-refractivity contribution in [2.45, 2.75) is 19.4 Å². The topological polar surface area (TPSA) is 86.7 Å². The van der Waals surface area contributed by atoms with Gasteiger partial charge in [-0.3, -0.25) is 9.59 Å². The summed E-state index contributed by atoms with van der Waals surface area (Å²) in [5, 5.41) is 12.5. The molecule has 1 heterocycles. The highest BCUT2D eigenvalue weighted by atomic mass is 35.5. The number of carbonyl (C=O) groups excluding carboxylic acids is 2. The number of likely N-dealkylation sites (tertiary alicyclic amines) is 1. The molecular formula is C20H19ClN2O4. The van der Waals surface area contributed by atoms with Gasteiger partial charge < -0.3 is 15.3 Å². The van der Waals surface area contributed by atoms with Gasteiger partial charge in [-0.05, 0) is 42.3 Å². The number of anilines is 1. The van der Waals surface area contributed by atoms with Gasteiger partial charge in [0.2, 0.25) is 11.8 Å². The number of aryl methyl sites for hydroxylation is 1. The fourth-order valence-corrected chi connectivity index (χ4v) is 3.57. The maximum Gasteiger partial charge on any atom is 0.335 e. The predicted octanol–water partition coefficient (Wildman–Crippen LogP) is 3.50. The summed E-state index contributed by atoms with van der Waals surface area (Å²) in [6.45, 7) is 1.78. The zero-order chi connectivity index (χ0) is 19.7. The first-order valence-electron chi connectivity index (χ1n) is 8.44. The van der Waals surface area contributed by atoms with Crippen molar-refractivity contribution in [3.05, 3.63) is 64.2 Å². The van der Waals surface area contributed by atoms with Gasteiger partial charge in [-0.1, -0.05) is 29.8 Å². The SMILES string of the molecule is Cc1ccc(C(=O)O)cc1NC(=O)[C@@H]1CC(=O)N(C)[C@H]1c1cccc(Cl)c1. The number of halogens is 1. The van der Waals surface area contributed by atoms with E-state index in [1.54, 1.807) is 43.1 Å². The van der Waals surface area contributed by atoms with Crippen LogP contribution < -0.4 is 5.32 Å². The smallest absolute Gasteiger partial charge is 0.335 e. The average Bonchev–Trinajstić information content (AvgIpc) is 2.92. The molecule has 0 aliphatic carbocycles. The minimum atomic E-state index is -1.07. The summed E-state index contributed by atoms with van der Waals surface area (Å²) in [5.74, 6) is -2.13. The lowest BCUT2D eigenvalue weighted by Crippen LogP contribution is -2.30. The number of carboxylic acids is 1. The first-order chi connectivity index (χ1) is 12.8. The molecule has 2 aromatic carbocycles. The van der Waals surface area contributed by atoms with E-state index in [-0.39, 0.29) is 23.8 Å². The highest BCUT2D eigenvalue weighted by Gasteiger charge is 2.42. The van der Waals surface area contributed by atoms with Crippen molar-refractivity contribution in [3.8, 4) is 0 Å². The maximum atomic E-state index is 12.9. The first-order valence-corrected chi connectivity index (χ1v) is 8.81. The van der Waals surface area contributed by atoms with Crippen LogP contribution in [0.4, 0.5) is 5.69 Å². The highest BCUT2D eigenvalue weighted by Crippen LogP contribution is 2.38. The van der Waals surface area contributed by atoms with Crippen LogP contribution in [0, 0.1) is 12.8 Å². The van der Waals surface area contributed by atoms with Crippen LogP contribution in [0.25, 0.3) is 0 Å². The molecule has 7 heteroatoms. The van der Waals surface area contributed by atoms with Gasteiger partial charge in [0.05, 0.1) is 17.5 Å². The number of hydrogen-bond acceptors (Lipinski definition) is 3. The van der Waals surface area contributed by atoms with Crippen LogP contribution in [0.2, 0.25) is 5.02 Å². The van der Waals surface area contributed by atoms with E-state index in [0.717, 1.165) is 11.1 Å². The molecule has 1 aliphatic rings. The van der Waals surface area contributed by atoms with Crippen LogP contribution in [-0.4, -0.2) is 34.8 Å². The standard InChI is InChI=1S/C20H19ClN2O4/c1-11-6-7-13(20(26)27)9-16(11)22-19(25)15-10-17(24)23(2)18(15)12-4-3-5-14(21)8-12/h3-9,15,18H,10H2,1-2H3,(H,22,25)(H,26,27)/t15-,18+/m1/s1. The molecule has 2 N–H and O–H groups in total. The molecule has 2 aromatic rings. The van der Waals surface area contributed by atoms with Gasteiger partial charge in [0.15, 0.2) is 0 Å². The number of amides is 2. The maximum absolute atomic E-state index is 12.9. The summed E-state index contributed by atoms with van der Waals surface area (Å²) in [4.78, 5) is 37.9. The molecule has 0 spiro atoms. The number of aromatic carboxylic acids is 1.